The van der Waals surface area contributed by atoms with Gasteiger partial charge < -0.3 is 5.73 Å². The Balaban J connectivity index is 3.36. The zero-order chi connectivity index (χ0) is 12.7. The first-order valence-electron chi connectivity index (χ1n) is 3.99. The molecule has 0 saturated heterocycles. The van der Waals surface area contributed by atoms with Crippen molar-refractivity contribution in [2.45, 2.75) is 18.6 Å². The predicted octanol–water partition coefficient (Wildman–Crippen LogP) is 2.36. The molecule has 1 heterocycles. The number of nitrogens with two attached hydrogens (primary N) is 1. The Bertz CT molecular complexity index is 386. The second-order valence-corrected chi connectivity index (χ2v) is 3.39. The van der Waals surface area contributed by atoms with E-state index < -0.39 is 35.1 Å². The highest BCUT2D eigenvalue weighted by Crippen LogP contribution is 2.38. The van der Waals surface area contributed by atoms with Crippen LogP contribution in [0.3, 0.4) is 0 Å². The van der Waals surface area contributed by atoms with Gasteiger partial charge in [-0.05, 0) is 0 Å². The first-order valence-corrected chi connectivity index (χ1v) is 4.37. The highest BCUT2D eigenvalue weighted by molar-refractivity contribution is 6.30. The summed E-state index contributed by atoms with van der Waals surface area (Å²) in [6, 6.07) is -2.11. The van der Waals surface area contributed by atoms with Crippen molar-refractivity contribution in [1.29, 1.82) is 0 Å². The Morgan fingerprint density at radius 1 is 1.38 bits per heavy atom. The number of aromatic nitrogens is 2. The molecule has 0 aromatic carbocycles. The number of nitrogens with zero attached hydrogens (tertiary/aromatic N) is 2. The molecule has 1 rings (SSSR count). The van der Waals surface area contributed by atoms with Crippen molar-refractivity contribution in [3.63, 3.8) is 0 Å². The van der Waals surface area contributed by atoms with Crippen LogP contribution in [0.1, 0.15) is 17.3 Å². The van der Waals surface area contributed by atoms with Crippen LogP contribution in [-0.2, 0) is 13.2 Å². The molecule has 0 radical (unpaired) electrons. The van der Waals surface area contributed by atoms with E-state index in [4.69, 9.17) is 17.3 Å². The molecule has 92 valence electrons. The van der Waals surface area contributed by atoms with Crippen molar-refractivity contribution < 1.29 is 22.0 Å². The molecule has 0 amide bonds. The van der Waals surface area contributed by atoms with Crippen molar-refractivity contribution in [1.82, 2.24) is 9.78 Å². The molecule has 1 aromatic rings. The lowest BCUT2D eigenvalue weighted by Gasteiger charge is -2.12. The van der Waals surface area contributed by atoms with Crippen molar-refractivity contribution in [3.05, 3.63) is 16.4 Å². The number of hydrogen-bond acceptors (Lipinski definition) is 2. The lowest BCUT2D eigenvalue weighted by atomic mass is 10.1. The van der Waals surface area contributed by atoms with E-state index in [9.17, 15) is 22.0 Å². The normalized spacial score (nSPS) is 14.6. The van der Waals surface area contributed by atoms with Gasteiger partial charge in [0.15, 0.2) is 5.69 Å². The molecule has 0 bridgehead atoms. The van der Waals surface area contributed by atoms with Crippen molar-refractivity contribution in [3.8, 4) is 0 Å². The SMILES string of the molecule is Cn1nc(C(F)(F)F)c(C(N)C(F)F)c1Cl. The maximum absolute atomic E-state index is 12.4. The van der Waals surface area contributed by atoms with Crippen LogP contribution in [0.5, 0.6) is 0 Å². The zero-order valence-corrected chi connectivity index (χ0v) is 8.65. The molecule has 0 aliphatic heterocycles. The Morgan fingerprint density at radius 3 is 2.25 bits per heavy atom. The maximum Gasteiger partial charge on any atom is 0.435 e. The third-order valence-corrected chi connectivity index (χ3v) is 2.33. The standard InChI is InChI=1S/C7H7ClF5N3/c1-16-5(8)2(3(14)6(9)10)4(15-16)7(11,12)13/h3,6H,14H2,1H3. The van der Waals surface area contributed by atoms with Gasteiger partial charge in [-0.3, -0.25) is 4.68 Å². The Morgan fingerprint density at radius 2 is 1.88 bits per heavy atom. The van der Waals surface area contributed by atoms with E-state index in [1.165, 1.54) is 0 Å². The smallest absolute Gasteiger partial charge is 0.319 e. The third-order valence-electron chi connectivity index (χ3n) is 1.88. The van der Waals surface area contributed by atoms with E-state index in [2.05, 4.69) is 5.10 Å². The summed E-state index contributed by atoms with van der Waals surface area (Å²) in [5, 5.41) is 2.49. The summed E-state index contributed by atoms with van der Waals surface area (Å²) >= 11 is 5.45. The minimum atomic E-state index is -4.87. The Labute approximate surface area is 92.0 Å². The van der Waals surface area contributed by atoms with Gasteiger partial charge in [0.2, 0.25) is 0 Å². The van der Waals surface area contributed by atoms with Gasteiger partial charge in [0, 0.05) is 12.6 Å². The summed E-state index contributed by atoms with van der Waals surface area (Å²) in [4.78, 5) is 0. The molecule has 1 atom stereocenters. The fourth-order valence-corrected chi connectivity index (χ4v) is 1.40. The summed E-state index contributed by atoms with van der Waals surface area (Å²) in [5.41, 5.74) is 2.60. The molecule has 9 heteroatoms. The molecule has 16 heavy (non-hydrogen) atoms. The van der Waals surface area contributed by atoms with Crippen LogP contribution in [0.15, 0.2) is 0 Å². The second-order valence-electron chi connectivity index (χ2n) is 3.03. The summed E-state index contributed by atoms with van der Waals surface area (Å²) in [6.45, 7) is 0. The molecule has 0 saturated carbocycles. The third kappa shape index (κ3) is 2.27. The number of hydrogen-bond donors (Lipinski definition) is 1. The molecule has 3 nitrogen and oxygen atoms in total. The lowest BCUT2D eigenvalue weighted by Crippen LogP contribution is -2.22. The molecule has 2 N–H and O–H groups in total. The van der Waals surface area contributed by atoms with E-state index in [0.717, 1.165) is 7.05 Å². The number of aryl methyl sites for hydroxylation is 1. The van der Waals surface area contributed by atoms with E-state index >= 15 is 0 Å². The zero-order valence-electron chi connectivity index (χ0n) is 7.89. The molecule has 0 aliphatic rings. The summed E-state index contributed by atoms with van der Waals surface area (Å²) in [7, 11) is 1.11. The predicted molar refractivity (Wildman–Crippen MR) is 46.2 cm³/mol. The molecule has 0 fully saturated rings. The topological polar surface area (TPSA) is 43.8 Å². The van der Waals surface area contributed by atoms with Crippen LogP contribution >= 0.6 is 11.6 Å². The van der Waals surface area contributed by atoms with Crippen molar-refractivity contribution in [2.24, 2.45) is 12.8 Å². The highest BCUT2D eigenvalue weighted by atomic mass is 35.5. The van der Waals surface area contributed by atoms with Gasteiger partial charge in [0.25, 0.3) is 6.43 Å². The molecular formula is C7H7ClF5N3. The Hall–Kier alpha value is -0.890. The largest absolute Gasteiger partial charge is 0.435 e. The first kappa shape index (κ1) is 13.2. The van der Waals surface area contributed by atoms with Crippen LogP contribution in [0.25, 0.3) is 0 Å². The summed E-state index contributed by atoms with van der Waals surface area (Å²) in [5.74, 6) is 0. The average Bonchev–Trinajstić information content (AvgIpc) is 2.42. The number of alkyl halides is 5. The molecule has 1 aromatic heterocycles. The molecule has 0 spiro atoms. The van der Waals surface area contributed by atoms with Crippen molar-refractivity contribution >= 4 is 11.6 Å². The molecular weight excluding hydrogens is 257 g/mol. The summed E-state index contributed by atoms with van der Waals surface area (Å²) in [6.07, 6.45) is -8.02. The lowest BCUT2D eigenvalue weighted by molar-refractivity contribution is -0.142. The van der Waals surface area contributed by atoms with Gasteiger partial charge in [-0.1, -0.05) is 11.6 Å². The second kappa shape index (κ2) is 4.17. The summed E-state index contributed by atoms with van der Waals surface area (Å²) < 4.78 is 62.5. The molecule has 0 aliphatic carbocycles. The van der Waals surface area contributed by atoms with Gasteiger partial charge in [-0.15, -0.1) is 0 Å². The fraction of sp³-hybridized carbons (Fsp3) is 0.571. The van der Waals surface area contributed by atoms with Crippen LogP contribution in [0, 0.1) is 0 Å². The van der Waals surface area contributed by atoms with Gasteiger partial charge in [-0.2, -0.15) is 18.3 Å². The van der Waals surface area contributed by atoms with E-state index in [1.807, 2.05) is 0 Å². The quantitative estimate of drug-likeness (QED) is 0.833. The van der Waals surface area contributed by atoms with Gasteiger partial charge in [0.05, 0.1) is 6.04 Å². The minimum absolute atomic E-state index is 0.542. The fourth-order valence-electron chi connectivity index (χ4n) is 1.15. The Kier molecular flexibility index (Phi) is 3.44. The van der Waals surface area contributed by atoms with E-state index in [1.54, 1.807) is 0 Å². The average molecular weight is 264 g/mol. The van der Waals surface area contributed by atoms with Crippen LogP contribution in [-0.4, -0.2) is 16.2 Å². The van der Waals surface area contributed by atoms with Gasteiger partial charge >= 0.3 is 6.18 Å². The van der Waals surface area contributed by atoms with Gasteiger partial charge in [-0.25, -0.2) is 8.78 Å². The van der Waals surface area contributed by atoms with Gasteiger partial charge in [0.1, 0.15) is 5.15 Å². The number of halogens is 6. The van der Waals surface area contributed by atoms with E-state index in [-0.39, 0.29) is 0 Å². The van der Waals surface area contributed by atoms with Crippen molar-refractivity contribution in [2.75, 3.05) is 0 Å². The maximum atomic E-state index is 12.4. The van der Waals surface area contributed by atoms with E-state index in [0.29, 0.717) is 4.68 Å². The first-order chi connectivity index (χ1) is 7.16. The molecule has 1 unspecified atom stereocenters. The van der Waals surface area contributed by atoms with Crippen LogP contribution < -0.4 is 5.73 Å². The van der Waals surface area contributed by atoms with Crippen LogP contribution in [0.4, 0.5) is 22.0 Å². The monoisotopic (exact) mass is 263 g/mol. The number of rotatable bonds is 2. The van der Waals surface area contributed by atoms with Crippen LogP contribution in [0.2, 0.25) is 5.15 Å². The minimum Gasteiger partial charge on any atom is -0.319 e. The highest BCUT2D eigenvalue weighted by Gasteiger charge is 2.41.